The summed E-state index contributed by atoms with van der Waals surface area (Å²) in [5.41, 5.74) is 5.40. The molecule has 0 aliphatic rings. The standard InChI is InChI=1S/C9H11FN2OS/c1-6(9(11)12-13)14-8-4-2-7(10)3-5-8/h2-6,13H,1H3,(H2,11,12). The van der Waals surface area contributed by atoms with E-state index in [0.717, 1.165) is 4.90 Å². The monoisotopic (exact) mass is 214 g/mol. The van der Waals surface area contributed by atoms with Crippen molar-refractivity contribution < 1.29 is 9.60 Å². The van der Waals surface area contributed by atoms with Gasteiger partial charge in [-0.05, 0) is 31.2 Å². The Kier molecular flexibility index (Phi) is 3.76. The summed E-state index contributed by atoms with van der Waals surface area (Å²) in [5.74, 6) is -0.120. The van der Waals surface area contributed by atoms with Crippen LogP contribution in [0.3, 0.4) is 0 Å². The molecule has 1 atom stereocenters. The van der Waals surface area contributed by atoms with Crippen LogP contribution in [0, 0.1) is 5.82 Å². The molecule has 1 aromatic rings. The molecule has 3 N–H and O–H groups in total. The van der Waals surface area contributed by atoms with Crippen LogP contribution in [0.15, 0.2) is 34.3 Å². The first-order valence-corrected chi connectivity index (χ1v) is 4.91. The number of oxime groups is 1. The number of benzene rings is 1. The second-order valence-electron chi connectivity index (χ2n) is 2.74. The Morgan fingerprint density at radius 1 is 1.50 bits per heavy atom. The topological polar surface area (TPSA) is 58.6 Å². The molecule has 14 heavy (non-hydrogen) atoms. The highest BCUT2D eigenvalue weighted by Gasteiger charge is 2.08. The number of nitrogens with two attached hydrogens (primary N) is 1. The molecule has 0 aromatic heterocycles. The molecule has 1 rings (SSSR count). The maximum Gasteiger partial charge on any atom is 0.152 e. The van der Waals surface area contributed by atoms with Crippen molar-refractivity contribution in [1.82, 2.24) is 0 Å². The van der Waals surface area contributed by atoms with Gasteiger partial charge in [0, 0.05) is 4.90 Å². The molecule has 0 aliphatic carbocycles. The summed E-state index contributed by atoms with van der Waals surface area (Å²) < 4.78 is 12.6. The summed E-state index contributed by atoms with van der Waals surface area (Å²) in [7, 11) is 0. The maximum absolute atomic E-state index is 12.6. The first kappa shape index (κ1) is 10.8. The zero-order valence-electron chi connectivity index (χ0n) is 7.64. The second kappa shape index (κ2) is 4.85. The van der Waals surface area contributed by atoms with Crippen molar-refractivity contribution in [2.45, 2.75) is 17.1 Å². The number of thioether (sulfide) groups is 1. The van der Waals surface area contributed by atoms with Crippen molar-refractivity contribution in [3.8, 4) is 0 Å². The third-order valence-corrected chi connectivity index (χ3v) is 2.80. The van der Waals surface area contributed by atoms with Gasteiger partial charge in [-0.25, -0.2) is 4.39 Å². The van der Waals surface area contributed by atoms with Crippen LogP contribution in [0.1, 0.15) is 6.92 Å². The normalized spacial score (nSPS) is 14.0. The average molecular weight is 214 g/mol. The van der Waals surface area contributed by atoms with Crippen LogP contribution in [0.5, 0.6) is 0 Å². The van der Waals surface area contributed by atoms with Gasteiger partial charge < -0.3 is 10.9 Å². The number of nitrogens with zero attached hydrogens (tertiary/aromatic N) is 1. The first-order valence-electron chi connectivity index (χ1n) is 4.03. The zero-order chi connectivity index (χ0) is 10.6. The fraction of sp³-hybridized carbons (Fsp3) is 0.222. The highest BCUT2D eigenvalue weighted by molar-refractivity contribution is 8.00. The Balaban J connectivity index is 2.65. The molecule has 0 heterocycles. The van der Waals surface area contributed by atoms with E-state index < -0.39 is 0 Å². The van der Waals surface area contributed by atoms with Gasteiger partial charge >= 0.3 is 0 Å². The average Bonchev–Trinajstić information content (AvgIpc) is 2.20. The largest absolute Gasteiger partial charge is 0.409 e. The lowest BCUT2D eigenvalue weighted by atomic mass is 10.3. The molecule has 76 valence electrons. The van der Waals surface area contributed by atoms with Crippen molar-refractivity contribution >= 4 is 17.6 Å². The molecular formula is C9H11FN2OS. The smallest absolute Gasteiger partial charge is 0.152 e. The Bertz CT molecular complexity index is 326. The molecule has 1 unspecified atom stereocenters. The van der Waals surface area contributed by atoms with E-state index in [0.29, 0.717) is 0 Å². The number of hydrogen-bond donors (Lipinski definition) is 2. The summed E-state index contributed by atoms with van der Waals surface area (Å²) in [6, 6.07) is 6.06. The third kappa shape index (κ3) is 2.92. The number of amidine groups is 1. The molecule has 0 amide bonds. The summed E-state index contributed by atoms with van der Waals surface area (Å²) >= 11 is 1.40. The van der Waals surface area contributed by atoms with Crippen molar-refractivity contribution in [3.63, 3.8) is 0 Å². The van der Waals surface area contributed by atoms with E-state index in [1.807, 2.05) is 6.92 Å². The minimum atomic E-state index is -0.272. The van der Waals surface area contributed by atoms with Crippen LogP contribution in [-0.2, 0) is 0 Å². The maximum atomic E-state index is 12.6. The molecule has 5 heteroatoms. The molecule has 0 fully saturated rings. The van der Waals surface area contributed by atoms with Crippen LogP contribution >= 0.6 is 11.8 Å². The predicted octanol–water partition coefficient (Wildman–Crippen LogP) is 2.05. The molecule has 0 saturated heterocycles. The lowest BCUT2D eigenvalue weighted by molar-refractivity contribution is 0.317. The van der Waals surface area contributed by atoms with Gasteiger partial charge in [0.1, 0.15) is 5.82 Å². The van der Waals surface area contributed by atoms with Crippen LogP contribution < -0.4 is 5.73 Å². The molecule has 1 aromatic carbocycles. The van der Waals surface area contributed by atoms with E-state index in [1.165, 1.54) is 23.9 Å². The van der Waals surface area contributed by atoms with Crippen LogP contribution in [0.4, 0.5) is 4.39 Å². The Morgan fingerprint density at radius 2 is 2.07 bits per heavy atom. The Hall–Kier alpha value is -1.23. The van der Waals surface area contributed by atoms with Gasteiger partial charge in [-0.1, -0.05) is 5.16 Å². The lowest BCUT2D eigenvalue weighted by Crippen LogP contribution is -2.23. The lowest BCUT2D eigenvalue weighted by Gasteiger charge is -2.08. The van der Waals surface area contributed by atoms with Gasteiger partial charge in [0.05, 0.1) is 5.25 Å². The Labute approximate surface area is 85.8 Å². The van der Waals surface area contributed by atoms with Crippen LogP contribution in [0.25, 0.3) is 0 Å². The Morgan fingerprint density at radius 3 is 2.57 bits per heavy atom. The van der Waals surface area contributed by atoms with Gasteiger partial charge in [0.15, 0.2) is 5.84 Å². The molecule has 0 aliphatic heterocycles. The number of hydrogen-bond acceptors (Lipinski definition) is 3. The van der Waals surface area contributed by atoms with E-state index in [4.69, 9.17) is 10.9 Å². The molecular weight excluding hydrogens is 203 g/mol. The zero-order valence-corrected chi connectivity index (χ0v) is 8.46. The van der Waals surface area contributed by atoms with Crippen molar-refractivity contribution in [1.29, 1.82) is 0 Å². The summed E-state index contributed by atoms with van der Waals surface area (Å²) in [6.07, 6.45) is 0. The fourth-order valence-electron chi connectivity index (χ4n) is 0.859. The predicted molar refractivity (Wildman–Crippen MR) is 55.1 cm³/mol. The highest BCUT2D eigenvalue weighted by atomic mass is 32.2. The minimum absolute atomic E-state index is 0.134. The van der Waals surface area contributed by atoms with E-state index in [1.54, 1.807) is 12.1 Å². The number of halogens is 1. The van der Waals surface area contributed by atoms with Crippen molar-refractivity contribution in [2.75, 3.05) is 0 Å². The summed E-state index contributed by atoms with van der Waals surface area (Å²) in [6.45, 7) is 1.81. The molecule has 0 bridgehead atoms. The molecule has 0 radical (unpaired) electrons. The van der Waals surface area contributed by atoms with E-state index in [9.17, 15) is 4.39 Å². The summed E-state index contributed by atoms with van der Waals surface area (Å²) in [5, 5.41) is 11.2. The van der Waals surface area contributed by atoms with Gasteiger partial charge in [-0.2, -0.15) is 0 Å². The first-order chi connectivity index (χ1) is 6.63. The fourth-order valence-corrected chi connectivity index (χ4v) is 1.73. The van der Waals surface area contributed by atoms with Gasteiger partial charge in [0.25, 0.3) is 0 Å². The summed E-state index contributed by atoms with van der Waals surface area (Å²) in [4.78, 5) is 0.880. The van der Waals surface area contributed by atoms with Crippen molar-refractivity contribution in [3.05, 3.63) is 30.1 Å². The van der Waals surface area contributed by atoms with Crippen LogP contribution in [-0.4, -0.2) is 16.3 Å². The quantitative estimate of drug-likeness (QED) is 0.266. The van der Waals surface area contributed by atoms with E-state index >= 15 is 0 Å². The highest BCUT2D eigenvalue weighted by Crippen LogP contribution is 2.23. The van der Waals surface area contributed by atoms with Gasteiger partial charge in [0.2, 0.25) is 0 Å². The molecule has 0 saturated carbocycles. The second-order valence-corrected chi connectivity index (χ2v) is 4.15. The SMILES string of the molecule is CC(Sc1ccc(F)cc1)C(N)=NO. The molecule has 0 spiro atoms. The number of rotatable bonds is 3. The van der Waals surface area contributed by atoms with Gasteiger partial charge in [-0.3, -0.25) is 0 Å². The van der Waals surface area contributed by atoms with Crippen LogP contribution in [0.2, 0.25) is 0 Å². The minimum Gasteiger partial charge on any atom is -0.409 e. The van der Waals surface area contributed by atoms with Gasteiger partial charge in [-0.15, -0.1) is 11.8 Å². The van der Waals surface area contributed by atoms with E-state index in [-0.39, 0.29) is 16.9 Å². The molecule has 3 nitrogen and oxygen atoms in total. The van der Waals surface area contributed by atoms with E-state index in [2.05, 4.69) is 5.16 Å². The third-order valence-electron chi connectivity index (χ3n) is 1.66. The van der Waals surface area contributed by atoms with Crippen molar-refractivity contribution in [2.24, 2.45) is 10.9 Å².